The molecule has 3 aromatic carbocycles. The second-order valence-electron chi connectivity index (χ2n) is 10.8. The summed E-state index contributed by atoms with van der Waals surface area (Å²) in [5, 5.41) is 21.3. The predicted molar refractivity (Wildman–Crippen MR) is 143 cm³/mol. The van der Waals surface area contributed by atoms with Gasteiger partial charge in [-0.25, -0.2) is 0 Å². The molecule has 1 fully saturated rings. The van der Waals surface area contributed by atoms with Crippen LogP contribution in [0, 0.1) is 0 Å². The van der Waals surface area contributed by atoms with Gasteiger partial charge in [-0.15, -0.1) is 0 Å². The van der Waals surface area contributed by atoms with Gasteiger partial charge >= 0.3 is 0 Å². The third-order valence-corrected chi connectivity index (χ3v) is 6.65. The van der Waals surface area contributed by atoms with Gasteiger partial charge in [-0.05, 0) is 75.2 Å². The standard InChI is InChI=1S/C31H31NO6/c1-18-15-22-16-20(11-14-24(22)37-18)28(34)26-27(19-9-12-23(33)13-10-19)32(30(36)29(26)35)17-21-7-5-6-8-25(21)38-31(2,3)4/h5-14,16,18,27,33-34H,15,17H2,1-4H3/b28-26-. The predicted octanol–water partition coefficient (Wildman–Crippen LogP) is 5.51. The molecule has 1 amide bonds. The topological polar surface area (TPSA) is 96.3 Å². The third-order valence-electron chi connectivity index (χ3n) is 6.65. The number of carbonyl (C=O) groups is 2. The number of fused-ring (bicyclic) bond motifs is 1. The maximum atomic E-state index is 13.5. The van der Waals surface area contributed by atoms with Crippen LogP contribution in [0.25, 0.3) is 5.76 Å². The van der Waals surface area contributed by atoms with E-state index in [2.05, 4.69) is 0 Å². The Bertz CT molecular complexity index is 1430. The first-order valence-electron chi connectivity index (χ1n) is 12.7. The van der Waals surface area contributed by atoms with Gasteiger partial charge in [0.15, 0.2) is 0 Å². The number of ketones is 1. The van der Waals surface area contributed by atoms with Crippen LogP contribution in [-0.2, 0) is 22.6 Å². The number of rotatable bonds is 5. The summed E-state index contributed by atoms with van der Waals surface area (Å²) in [5.74, 6) is -0.305. The molecule has 196 valence electrons. The Hall–Kier alpha value is -4.26. The maximum Gasteiger partial charge on any atom is 0.295 e. The van der Waals surface area contributed by atoms with Crippen LogP contribution < -0.4 is 9.47 Å². The van der Waals surface area contributed by atoms with E-state index in [0.29, 0.717) is 23.3 Å². The van der Waals surface area contributed by atoms with Crippen molar-refractivity contribution < 1.29 is 29.3 Å². The molecule has 0 radical (unpaired) electrons. The van der Waals surface area contributed by atoms with E-state index in [1.165, 1.54) is 17.0 Å². The number of hydrogen-bond acceptors (Lipinski definition) is 6. The lowest BCUT2D eigenvalue weighted by Crippen LogP contribution is -2.30. The van der Waals surface area contributed by atoms with Crippen LogP contribution in [0.4, 0.5) is 0 Å². The monoisotopic (exact) mass is 513 g/mol. The molecular weight excluding hydrogens is 482 g/mol. The summed E-state index contributed by atoms with van der Waals surface area (Å²) in [7, 11) is 0. The number of likely N-dealkylation sites (tertiary alicyclic amines) is 1. The highest BCUT2D eigenvalue weighted by Crippen LogP contribution is 2.42. The molecule has 0 bridgehead atoms. The molecule has 7 heteroatoms. The minimum atomic E-state index is -0.860. The number of aliphatic hydroxyl groups excluding tert-OH is 1. The van der Waals surface area contributed by atoms with Crippen molar-refractivity contribution in [1.29, 1.82) is 0 Å². The van der Waals surface area contributed by atoms with Gasteiger partial charge in [-0.2, -0.15) is 0 Å². The van der Waals surface area contributed by atoms with Crippen molar-refractivity contribution in [3.8, 4) is 17.2 Å². The van der Waals surface area contributed by atoms with Gasteiger partial charge in [-0.3, -0.25) is 9.59 Å². The van der Waals surface area contributed by atoms with Crippen molar-refractivity contribution in [1.82, 2.24) is 4.90 Å². The Morgan fingerprint density at radius 3 is 2.47 bits per heavy atom. The second kappa shape index (κ2) is 9.56. The average molecular weight is 514 g/mol. The third kappa shape index (κ3) is 4.84. The average Bonchev–Trinajstić information content (AvgIpc) is 3.35. The molecule has 3 aromatic rings. The zero-order valence-corrected chi connectivity index (χ0v) is 21.9. The largest absolute Gasteiger partial charge is 0.508 e. The number of ether oxygens (including phenoxy) is 2. The summed E-state index contributed by atoms with van der Waals surface area (Å²) in [4.78, 5) is 28.4. The molecule has 1 saturated heterocycles. The molecular formula is C31H31NO6. The van der Waals surface area contributed by atoms with Crippen LogP contribution >= 0.6 is 0 Å². The number of phenolic OH excluding ortho intramolecular Hbond substituents is 1. The van der Waals surface area contributed by atoms with Gasteiger partial charge in [0, 0.05) is 17.5 Å². The number of amides is 1. The molecule has 0 aromatic heterocycles. The number of aromatic hydroxyl groups is 1. The summed E-state index contributed by atoms with van der Waals surface area (Å²) >= 11 is 0. The smallest absolute Gasteiger partial charge is 0.295 e. The number of benzene rings is 3. The number of para-hydroxylation sites is 1. The van der Waals surface area contributed by atoms with Gasteiger partial charge in [0.05, 0.1) is 18.2 Å². The number of hydrogen-bond donors (Lipinski definition) is 2. The Labute approximate surface area is 221 Å². The van der Waals surface area contributed by atoms with Gasteiger partial charge < -0.3 is 24.6 Å². The van der Waals surface area contributed by atoms with Crippen molar-refractivity contribution in [3.05, 3.63) is 94.6 Å². The van der Waals surface area contributed by atoms with Crippen LogP contribution in [0.1, 0.15) is 56.0 Å². The van der Waals surface area contributed by atoms with Crippen molar-refractivity contribution in [2.45, 2.75) is 58.4 Å². The van der Waals surface area contributed by atoms with Gasteiger partial charge in [0.25, 0.3) is 11.7 Å². The number of carbonyl (C=O) groups excluding carboxylic acids is 2. The molecule has 0 saturated carbocycles. The molecule has 2 heterocycles. The summed E-state index contributed by atoms with van der Waals surface area (Å²) in [6, 6.07) is 18.1. The van der Waals surface area contributed by atoms with Crippen molar-refractivity contribution in [2.24, 2.45) is 0 Å². The molecule has 2 aliphatic heterocycles. The number of nitrogens with zero attached hydrogens (tertiary/aromatic N) is 1. The van der Waals surface area contributed by atoms with E-state index in [4.69, 9.17) is 9.47 Å². The lowest BCUT2D eigenvalue weighted by Gasteiger charge is -2.28. The summed E-state index contributed by atoms with van der Waals surface area (Å²) in [5.41, 5.74) is 2.24. The van der Waals surface area contributed by atoms with Crippen LogP contribution in [0.15, 0.2) is 72.3 Å². The Kier molecular flexibility index (Phi) is 6.39. The van der Waals surface area contributed by atoms with Gasteiger partial charge in [0.1, 0.15) is 34.7 Å². The zero-order valence-electron chi connectivity index (χ0n) is 21.9. The SMILES string of the molecule is CC1Cc2cc(/C(O)=C3/C(=O)C(=O)N(Cc4ccccc4OC(C)(C)C)C3c3ccc(O)cc3)ccc2O1. The van der Waals surface area contributed by atoms with Crippen molar-refractivity contribution in [2.75, 3.05) is 0 Å². The molecule has 2 aliphatic rings. The molecule has 2 N–H and O–H groups in total. The fourth-order valence-corrected chi connectivity index (χ4v) is 5.02. The lowest BCUT2D eigenvalue weighted by molar-refractivity contribution is -0.140. The maximum absolute atomic E-state index is 13.5. The Morgan fingerprint density at radius 1 is 1.05 bits per heavy atom. The van der Waals surface area contributed by atoms with E-state index in [1.54, 1.807) is 24.3 Å². The van der Waals surface area contributed by atoms with E-state index >= 15 is 0 Å². The van der Waals surface area contributed by atoms with E-state index in [9.17, 15) is 19.8 Å². The van der Waals surface area contributed by atoms with Gasteiger partial charge in [-0.1, -0.05) is 30.3 Å². The number of phenols is 1. The van der Waals surface area contributed by atoms with Crippen molar-refractivity contribution >= 4 is 17.4 Å². The first-order valence-corrected chi connectivity index (χ1v) is 12.7. The molecule has 0 aliphatic carbocycles. The fraction of sp³-hybridized carbons (Fsp3) is 0.290. The second-order valence-corrected chi connectivity index (χ2v) is 10.8. The highest BCUT2D eigenvalue weighted by Gasteiger charge is 2.46. The summed E-state index contributed by atoms with van der Waals surface area (Å²) in [6.45, 7) is 7.88. The zero-order chi connectivity index (χ0) is 27.2. The molecule has 2 unspecified atom stereocenters. The highest BCUT2D eigenvalue weighted by molar-refractivity contribution is 6.46. The number of aliphatic hydroxyl groups is 1. The normalized spacial score (nSPS) is 20.4. The Balaban J connectivity index is 1.61. The molecule has 38 heavy (non-hydrogen) atoms. The molecule has 2 atom stereocenters. The minimum Gasteiger partial charge on any atom is -0.508 e. The fourth-order valence-electron chi connectivity index (χ4n) is 5.02. The van der Waals surface area contributed by atoms with E-state index in [1.807, 2.05) is 58.0 Å². The highest BCUT2D eigenvalue weighted by atomic mass is 16.5. The first kappa shape index (κ1) is 25.4. The lowest BCUT2D eigenvalue weighted by atomic mass is 9.94. The van der Waals surface area contributed by atoms with Crippen LogP contribution in [0.2, 0.25) is 0 Å². The van der Waals surface area contributed by atoms with E-state index in [-0.39, 0.29) is 29.7 Å². The first-order chi connectivity index (χ1) is 18.0. The van der Waals surface area contributed by atoms with Crippen LogP contribution in [0.5, 0.6) is 17.2 Å². The summed E-state index contributed by atoms with van der Waals surface area (Å²) < 4.78 is 11.9. The van der Waals surface area contributed by atoms with Crippen molar-refractivity contribution in [3.63, 3.8) is 0 Å². The van der Waals surface area contributed by atoms with Crippen LogP contribution in [-0.4, -0.2) is 38.5 Å². The quantitative estimate of drug-likeness (QED) is 0.265. The minimum absolute atomic E-state index is 0.00169. The Morgan fingerprint density at radius 2 is 1.76 bits per heavy atom. The molecule has 7 nitrogen and oxygen atoms in total. The van der Waals surface area contributed by atoms with E-state index in [0.717, 1.165) is 16.9 Å². The molecule has 0 spiro atoms. The molecule has 5 rings (SSSR count). The van der Waals surface area contributed by atoms with Gasteiger partial charge in [0.2, 0.25) is 0 Å². The van der Waals surface area contributed by atoms with Crippen LogP contribution in [0.3, 0.4) is 0 Å². The number of Topliss-reactive ketones (excluding diaryl/α,β-unsaturated/α-hetero) is 1. The summed E-state index contributed by atoms with van der Waals surface area (Å²) in [6.07, 6.45) is 0.719. The van der Waals surface area contributed by atoms with E-state index < -0.39 is 23.3 Å².